The van der Waals surface area contributed by atoms with Crippen LogP contribution in [0, 0.1) is 0 Å². The molecule has 0 amide bonds. The van der Waals surface area contributed by atoms with Crippen molar-refractivity contribution in [2.75, 3.05) is 10.5 Å². The summed E-state index contributed by atoms with van der Waals surface area (Å²) < 4.78 is 30.4. The van der Waals surface area contributed by atoms with Gasteiger partial charge in [-0.15, -0.1) is 0 Å². The first-order chi connectivity index (χ1) is 7.59. The fraction of sp³-hybridized carbons (Fsp3) is 0. The fourth-order valence-electron chi connectivity index (χ4n) is 1.08. The molecule has 2 heterocycles. The molecule has 0 fully saturated rings. The highest BCUT2D eigenvalue weighted by Crippen LogP contribution is 2.19. The fourth-order valence-corrected chi connectivity index (χ4v) is 2.18. The van der Waals surface area contributed by atoms with E-state index >= 15 is 0 Å². The number of aromatic nitrogens is 2. The van der Waals surface area contributed by atoms with E-state index in [-0.39, 0.29) is 16.3 Å². The SMILES string of the molecule is Nc1ccncc1S(=O)(=O)Nc1cnoc1. The van der Waals surface area contributed by atoms with Gasteiger partial charge in [0.15, 0.2) is 0 Å². The van der Waals surface area contributed by atoms with Crippen LogP contribution in [0.25, 0.3) is 0 Å². The van der Waals surface area contributed by atoms with E-state index in [1.165, 1.54) is 30.9 Å². The predicted molar refractivity (Wildman–Crippen MR) is 56.0 cm³/mol. The first-order valence-corrected chi connectivity index (χ1v) is 5.69. The molecule has 0 saturated carbocycles. The van der Waals surface area contributed by atoms with Crippen molar-refractivity contribution in [2.45, 2.75) is 4.90 Å². The summed E-state index contributed by atoms with van der Waals surface area (Å²) >= 11 is 0. The largest absolute Gasteiger partial charge is 0.398 e. The van der Waals surface area contributed by atoms with Crippen molar-refractivity contribution < 1.29 is 12.9 Å². The first kappa shape index (κ1) is 10.4. The van der Waals surface area contributed by atoms with E-state index in [1.54, 1.807) is 0 Å². The van der Waals surface area contributed by atoms with E-state index in [4.69, 9.17) is 5.73 Å². The second kappa shape index (κ2) is 3.81. The molecule has 2 rings (SSSR count). The lowest BCUT2D eigenvalue weighted by atomic mass is 10.4. The van der Waals surface area contributed by atoms with Crippen molar-refractivity contribution in [1.82, 2.24) is 10.1 Å². The number of nitrogens with zero attached hydrogens (tertiary/aromatic N) is 2. The third-order valence-electron chi connectivity index (χ3n) is 1.79. The van der Waals surface area contributed by atoms with Crippen LogP contribution in [-0.2, 0) is 10.0 Å². The van der Waals surface area contributed by atoms with Crippen molar-refractivity contribution in [3.63, 3.8) is 0 Å². The second-order valence-corrected chi connectivity index (χ2v) is 4.58. The minimum Gasteiger partial charge on any atom is -0.398 e. The van der Waals surface area contributed by atoms with Crippen LogP contribution in [0.4, 0.5) is 11.4 Å². The van der Waals surface area contributed by atoms with Crippen LogP contribution in [-0.4, -0.2) is 18.6 Å². The summed E-state index contributed by atoms with van der Waals surface area (Å²) in [5.41, 5.74) is 5.89. The van der Waals surface area contributed by atoms with Gasteiger partial charge in [-0.05, 0) is 6.07 Å². The maximum atomic E-state index is 11.8. The lowest BCUT2D eigenvalue weighted by molar-refractivity contribution is 0.420. The molecule has 2 aromatic rings. The van der Waals surface area contributed by atoms with Gasteiger partial charge >= 0.3 is 0 Å². The first-order valence-electron chi connectivity index (χ1n) is 4.21. The molecule has 0 aliphatic rings. The highest BCUT2D eigenvalue weighted by molar-refractivity contribution is 7.92. The van der Waals surface area contributed by atoms with Gasteiger partial charge in [-0.25, -0.2) is 8.42 Å². The molecule has 16 heavy (non-hydrogen) atoms. The van der Waals surface area contributed by atoms with Crippen LogP contribution in [0.5, 0.6) is 0 Å². The molecule has 0 unspecified atom stereocenters. The van der Waals surface area contributed by atoms with Gasteiger partial charge in [-0.3, -0.25) is 9.71 Å². The molecule has 8 heteroatoms. The quantitative estimate of drug-likeness (QED) is 0.805. The van der Waals surface area contributed by atoms with Gasteiger partial charge in [0.05, 0.1) is 11.9 Å². The third-order valence-corrected chi connectivity index (χ3v) is 3.22. The molecule has 0 aromatic carbocycles. The molecule has 0 bridgehead atoms. The average molecular weight is 240 g/mol. The van der Waals surface area contributed by atoms with Crippen LogP contribution < -0.4 is 10.5 Å². The molecule has 0 aliphatic heterocycles. The Hall–Kier alpha value is -2.09. The number of hydrogen-bond acceptors (Lipinski definition) is 6. The normalized spacial score (nSPS) is 11.2. The van der Waals surface area contributed by atoms with Crippen molar-refractivity contribution in [2.24, 2.45) is 0 Å². The van der Waals surface area contributed by atoms with Crippen LogP contribution in [0.2, 0.25) is 0 Å². The molecule has 84 valence electrons. The Morgan fingerprint density at radius 3 is 2.81 bits per heavy atom. The Labute approximate surface area is 91.3 Å². The zero-order valence-corrected chi connectivity index (χ0v) is 8.81. The van der Waals surface area contributed by atoms with E-state index in [2.05, 4.69) is 19.4 Å². The van der Waals surface area contributed by atoms with Crippen LogP contribution in [0.3, 0.4) is 0 Å². The summed E-state index contributed by atoms with van der Waals surface area (Å²) in [6, 6.07) is 1.40. The van der Waals surface area contributed by atoms with Crippen molar-refractivity contribution in [3.8, 4) is 0 Å². The minimum atomic E-state index is -3.75. The Morgan fingerprint density at radius 1 is 1.38 bits per heavy atom. The standard InChI is InChI=1S/C8H8N4O3S/c9-7-1-2-10-4-8(7)16(13,14)12-6-3-11-15-5-6/h1-5,12H,(H2,9,10). The van der Waals surface area contributed by atoms with E-state index in [1.807, 2.05) is 0 Å². The zero-order chi connectivity index (χ0) is 11.6. The number of hydrogen-bond donors (Lipinski definition) is 2. The molecule has 2 aromatic heterocycles. The van der Waals surface area contributed by atoms with E-state index < -0.39 is 10.0 Å². The summed E-state index contributed by atoms with van der Waals surface area (Å²) in [6.45, 7) is 0. The third kappa shape index (κ3) is 1.96. The number of nitrogen functional groups attached to an aromatic ring is 1. The van der Waals surface area contributed by atoms with Crippen molar-refractivity contribution in [1.29, 1.82) is 0 Å². The Balaban J connectivity index is 2.37. The molecular weight excluding hydrogens is 232 g/mol. The summed E-state index contributed by atoms with van der Waals surface area (Å²) in [5.74, 6) is 0. The molecule has 0 atom stereocenters. The van der Waals surface area contributed by atoms with Gasteiger partial charge in [0.2, 0.25) is 0 Å². The highest BCUT2D eigenvalue weighted by Gasteiger charge is 2.18. The number of rotatable bonds is 3. The van der Waals surface area contributed by atoms with E-state index in [9.17, 15) is 8.42 Å². The molecular formula is C8H8N4O3S. The molecule has 0 saturated heterocycles. The number of sulfonamides is 1. The van der Waals surface area contributed by atoms with Gasteiger partial charge in [-0.1, -0.05) is 5.16 Å². The number of pyridine rings is 1. The topological polar surface area (TPSA) is 111 Å². The summed E-state index contributed by atoms with van der Waals surface area (Å²) in [4.78, 5) is 3.62. The van der Waals surface area contributed by atoms with Gasteiger partial charge in [0.1, 0.15) is 16.8 Å². The Morgan fingerprint density at radius 2 is 2.19 bits per heavy atom. The maximum Gasteiger partial charge on any atom is 0.265 e. The van der Waals surface area contributed by atoms with Crippen LogP contribution in [0.1, 0.15) is 0 Å². The molecule has 0 radical (unpaired) electrons. The maximum absolute atomic E-state index is 11.8. The van der Waals surface area contributed by atoms with Gasteiger partial charge in [-0.2, -0.15) is 0 Å². The van der Waals surface area contributed by atoms with Gasteiger partial charge in [0.25, 0.3) is 10.0 Å². The highest BCUT2D eigenvalue weighted by atomic mass is 32.2. The molecule has 0 spiro atoms. The molecule has 0 aliphatic carbocycles. The van der Waals surface area contributed by atoms with Crippen LogP contribution >= 0.6 is 0 Å². The van der Waals surface area contributed by atoms with Gasteiger partial charge < -0.3 is 10.3 Å². The summed E-state index contributed by atoms with van der Waals surface area (Å²) in [6.07, 6.45) is 4.99. The smallest absolute Gasteiger partial charge is 0.265 e. The Bertz CT molecular complexity index is 579. The summed E-state index contributed by atoms with van der Waals surface area (Å²) in [5, 5.41) is 3.37. The van der Waals surface area contributed by atoms with E-state index in [0.29, 0.717) is 0 Å². The molecule has 3 N–H and O–H groups in total. The van der Waals surface area contributed by atoms with Crippen molar-refractivity contribution in [3.05, 3.63) is 30.9 Å². The Kier molecular flexibility index (Phi) is 2.49. The van der Waals surface area contributed by atoms with Crippen molar-refractivity contribution >= 4 is 21.4 Å². The zero-order valence-electron chi connectivity index (χ0n) is 7.99. The average Bonchev–Trinajstić information content (AvgIpc) is 2.70. The summed E-state index contributed by atoms with van der Waals surface area (Å²) in [7, 11) is -3.75. The predicted octanol–water partition coefficient (Wildman–Crippen LogP) is 0.453. The lowest BCUT2D eigenvalue weighted by Crippen LogP contribution is -2.14. The number of anilines is 2. The minimum absolute atomic E-state index is 0.0869. The number of nitrogens with two attached hydrogens (primary N) is 1. The number of nitrogens with one attached hydrogen (secondary N) is 1. The lowest BCUT2D eigenvalue weighted by Gasteiger charge is -2.06. The second-order valence-electron chi connectivity index (χ2n) is 2.93. The van der Waals surface area contributed by atoms with Crippen LogP contribution in [0.15, 0.2) is 40.3 Å². The molecule has 7 nitrogen and oxygen atoms in total. The monoisotopic (exact) mass is 240 g/mol. The van der Waals surface area contributed by atoms with Gasteiger partial charge in [0, 0.05) is 12.4 Å². The van der Waals surface area contributed by atoms with E-state index in [0.717, 1.165) is 0 Å².